The highest BCUT2D eigenvalue weighted by atomic mass is 19.2. The van der Waals surface area contributed by atoms with Gasteiger partial charge < -0.3 is 14.9 Å². The molecule has 25 heavy (non-hydrogen) atoms. The molecule has 4 rings (SSSR count). The number of rotatable bonds is 3. The second-order valence-corrected chi connectivity index (χ2v) is 6.14. The molecule has 0 fully saturated rings. The van der Waals surface area contributed by atoms with Gasteiger partial charge in [-0.1, -0.05) is 0 Å². The van der Waals surface area contributed by atoms with E-state index in [1.54, 1.807) is 29.7 Å². The summed E-state index contributed by atoms with van der Waals surface area (Å²) < 4.78 is 34.7. The molecule has 2 heterocycles. The van der Waals surface area contributed by atoms with Gasteiger partial charge in [-0.25, -0.2) is 13.8 Å². The van der Waals surface area contributed by atoms with Crippen molar-refractivity contribution in [3.63, 3.8) is 0 Å². The number of aliphatic hydroxyl groups is 2. The average molecular weight is 346 g/mol. The number of aromatic nitrogens is 2. The van der Waals surface area contributed by atoms with Crippen LogP contribution >= 0.6 is 0 Å². The lowest BCUT2D eigenvalue weighted by Crippen LogP contribution is -2.19. The fourth-order valence-corrected chi connectivity index (χ4v) is 3.35. The minimum atomic E-state index is -0.973. The molecule has 0 saturated heterocycles. The van der Waals surface area contributed by atoms with Crippen molar-refractivity contribution in [2.45, 2.75) is 32.2 Å². The van der Waals surface area contributed by atoms with Crippen LogP contribution in [0.5, 0.6) is 5.75 Å². The molecule has 0 saturated carbocycles. The molecule has 130 valence electrons. The Labute approximate surface area is 142 Å². The van der Waals surface area contributed by atoms with Crippen molar-refractivity contribution in [3.05, 3.63) is 64.6 Å². The Kier molecular flexibility index (Phi) is 3.70. The van der Waals surface area contributed by atoms with Crippen molar-refractivity contribution in [2.75, 3.05) is 0 Å². The second kappa shape index (κ2) is 5.79. The van der Waals surface area contributed by atoms with E-state index >= 15 is 0 Å². The van der Waals surface area contributed by atoms with E-state index in [0.717, 1.165) is 12.1 Å². The number of pyridine rings is 1. The van der Waals surface area contributed by atoms with Crippen LogP contribution in [-0.2, 0) is 13.0 Å². The molecule has 2 unspecified atom stereocenters. The summed E-state index contributed by atoms with van der Waals surface area (Å²) in [5, 5.41) is 19.8. The number of nitrogens with zero attached hydrogens (tertiary/aromatic N) is 2. The zero-order valence-electron chi connectivity index (χ0n) is 13.4. The molecule has 0 bridgehead atoms. The molecule has 2 aromatic heterocycles. The molecule has 1 aromatic carbocycles. The van der Waals surface area contributed by atoms with Crippen molar-refractivity contribution in [2.24, 2.45) is 0 Å². The number of aryl methyl sites for hydroxylation is 1. The SMILES string of the molecule is Cc1nc2c(OC3c4cc(F)c(F)cc4CC3O)cccn2c1CO. The van der Waals surface area contributed by atoms with Crippen LogP contribution in [0.4, 0.5) is 8.78 Å². The second-order valence-electron chi connectivity index (χ2n) is 6.14. The highest BCUT2D eigenvalue weighted by molar-refractivity contribution is 5.56. The van der Waals surface area contributed by atoms with Crippen molar-refractivity contribution >= 4 is 5.65 Å². The molecule has 0 radical (unpaired) electrons. The van der Waals surface area contributed by atoms with Crippen molar-refractivity contribution < 1.29 is 23.7 Å². The lowest BCUT2D eigenvalue weighted by Gasteiger charge is -2.19. The zero-order chi connectivity index (χ0) is 17.7. The summed E-state index contributed by atoms with van der Waals surface area (Å²) in [4.78, 5) is 4.40. The van der Waals surface area contributed by atoms with Crippen LogP contribution in [0.25, 0.3) is 5.65 Å². The highest BCUT2D eigenvalue weighted by Gasteiger charge is 2.35. The number of benzene rings is 1. The summed E-state index contributed by atoms with van der Waals surface area (Å²) in [6.07, 6.45) is 0.216. The van der Waals surface area contributed by atoms with Gasteiger partial charge in [0.1, 0.15) is 0 Å². The molecule has 0 spiro atoms. The maximum atomic E-state index is 13.6. The van der Waals surface area contributed by atoms with Gasteiger partial charge in [0.25, 0.3) is 0 Å². The molecule has 7 heteroatoms. The maximum Gasteiger partial charge on any atom is 0.180 e. The van der Waals surface area contributed by atoms with Gasteiger partial charge in [-0.3, -0.25) is 4.40 Å². The number of fused-ring (bicyclic) bond motifs is 2. The molecule has 5 nitrogen and oxygen atoms in total. The quantitative estimate of drug-likeness (QED) is 0.765. The van der Waals surface area contributed by atoms with Crippen LogP contribution in [0.15, 0.2) is 30.5 Å². The van der Waals surface area contributed by atoms with E-state index in [-0.39, 0.29) is 13.0 Å². The molecular weight excluding hydrogens is 330 g/mol. The van der Waals surface area contributed by atoms with Crippen molar-refractivity contribution in [1.29, 1.82) is 0 Å². The molecule has 3 aromatic rings. The van der Waals surface area contributed by atoms with Gasteiger partial charge in [0.2, 0.25) is 0 Å². The largest absolute Gasteiger partial charge is 0.479 e. The fourth-order valence-electron chi connectivity index (χ4n) is 3.35. The standard InChI is InChI=1S/C18H16F2N2O3/c1-9-14(8-23)22-4-2-3-16(18(22)21-9)25-17-11-7-13(20)12(19)5-10(11)6-15(17)24/h2-5,7,15,17,23-24H,6,8H2,1H3. The Morgan fingerprint density at radius 3 is 2.84 bits per heavy atom. The Balaban J connectivity index is 1.77. The minimum absolute atomic E-state index is 0.171. The monoisotopic (exact) mass is 346 g/mol. The van der Waals surface area contributed by atoms with E-state index in [0.29, 0.717) is 33.9 Å². The lowest BCUT2D eigenvalue weighted by atomic mass is 10.1. The molecule has 1 aliphatic rings. The van der Waals surface area contributed by atoms with E-state index in [1.807, 2.05) is 0 Å². The van der Waals surface area contributed by atoms with E-state index in [9.17, 15) is 19.0 Å². The number of imidazole rings is 1. The molecule has 2 atom stereocenters. The topological polar surface area (TPSA) is 67.0 Å². The van der Waals surface area contributed by atoms with Crippen molar-refractivity contribution in [1.82, 2.24) is 9.38 Å². The third-order valence-electron chi connectivity index (χ3n) is 4.58. The predicted molar refractivity (Wildman–Crippen MR) is 85.3 cm³/mol. The fraction of sp³-hybridized carbons (Fsp3) is 0.278. The molecule has 0 amide bonds. The number of ether oxygens (including phenoxy) is 1. The van der Waals surface area contributed by atoms with Crippen molar-refractivity contribution in [3.8, 4) is 5.75 Å². The van der Waals surface area contributed by atoms with E-state index in [2.05, 4.69) is 4.98 Å². The van der Waals surface area contributed by atoms with Crippen LogP contribution in [0.1, 0.15) is 28.6 Å². The third-order valence-corrected chi connectivity index (χ3v) is 4.58. The third kappa shape index (κ3) is 2.47. The summed E-state index contributed by atoms with van der Waals surface area (Å²) in [5.74, 6) is -1.52. The van der Waals surface area contributed by atoms with Crippen LogP contribution in [0.3, 0.4) is 0 Å². The number of aliphatic hydroxyl groups excluding tert-OH is 2. The molecule has 2 N–H and O–H groups in total. The van der Waals surface area contributed by atoms with E-state index < -0.39 is 23.8 Å². The van der Waals surface area contributed by atoms with Gasteiger partial charge in [-0.2, -0.15) is 0 Å². The Hall–Kier alpha value is -2.51. The van der Waals surface area contributed by atoms with Crippen LogP contribution in [-0.4, -0.2) is 25.7 Å². The average Bonchev–Trinajstić information content (AvgIpc) is 3.05. The van der Waals surface area contributed by atoms with Gasteiger partial charge in [0.15, 0.2) is 29.1 Å². The van der Waals surface area contributed by atoms with Crippen LogP contribution < -0.4 is 4.74 Å². The number of halogens is 2. The maximum absolute atomic E-state index is 13.6. The number of hydrogen-bond acceptors (Lipinski definition) is 4. The normalized spacial score (nSPS) is 19.4. The first-order valence-electron chi connectivity index (χ1n) is 7.89. The van der Waals surface area contributed by atoms with Gasteiger partial charge in [-0.15, -0.1) is 0 Å². The van der Waals surface area contributed by atoms with E-state index in [4.69, 9.17) is 4.74 Å². The molecular formula is C18H16F2N2O3. The smallest absolute Gasteiger partial charge is 0.180 e. The molecule has 1 aliphatic carbocycles. The van der Waals surface area contributed by atoms with Gasteiger partial charge in [0, 0.05) is 18.2 Å². The predicted octanol–water partition coefficient (Wildman–Crippen LogP) is 2.45. The Morgan fingerprint density at radius 1 is 1.32 bits per heavy atom. The highest BCUT2D eigenvalue weighted by Crippen LogP contribution is 2.37. The first-order valence-corrected chi connectivity index (χ1v) is 7.89. The summed E-state index contributed by atoms with van der Waals surface area (Å²) in [5.41, 5.74) is 2.75. The lowest BCUT2D eigenvalue weighted by molar-refractivity contribution is 0.0501. The van der Waals surface area contributed by atoms with E-state index in [1.165, 1.54) is 0 Å². The Morgan fingerprint density at radius 2 is 2.08 bits per heavy atom. The molecule has 0 aliphatic heterocycles. The first-order chi connectivity index (χ1) is 12.0. The summed E-state index contributed by atoms with van der Waals surface area (Å²) in [6.45, 7) is 1.61. The minimum Gasteiger partial charge on any atom is -0.479 e. The van der Waals surface area contributed by atoms with Crippen LogP contribution in [0, 0.1) is 18.6 Å². The van der Waals surface area contributed by atoms with Gasteiger partial charge in [-0.05, 0) is 36.8 Å². The first kappa shape index (κ1) is 16.0. The van der Waals surface area contributed by atoms with Crippen LogP contribution in [0.2, 0.25) is 0 Å². The summed E-state index contributed by atoms with van der Waals surface area (Å²) >= 11 is 0. The van der Waals surface area contributed by atoms with Gasteiger partial charge >= 0.3 is 0 Å². The summed E-state index contributed by atoms with van der Waals surface area (Å²) in [7, 11) is 0. The van der Waals surface area contributed by atoms with Gasteiger partial charge in [0.05, 0.1) is 24.1 Å². The summed E-state index contributed by atoms with van der Waals surface area (Å²) in [6, 6.07) is 5.59. The number of hydrogen-bond donors (Lipinski definition) is 2. The Bertz CT molecular complexity index is 971. The zero-order valence-corrected chi connectivity index (χ0v) is 13.4.